The zero-order chi connectivity index (χ0) is 42.6. The molecular weight excluding hydrogens is 769 g/mol. The molecule has 3 aliphatic rings. The SMILES string of the molecule is Cc1cc(-c2ncnc3[nH]c(-c4c(C)nn(C5CN(CC6CCN(c7ccc(N8CCCNC8=O)cc7)CC6)C5)c4C)cc23)ccc1[C@@H](C)NC(=O)c1nc(C(C)(C)C)no1. The van der Waals surface area contributed by atoms with E-state index in [0.29, 0.717) is 17.8 Å². The standard InChI is InChI=1S/C46H56N12O3/c1-27-21-32(9-14-36(27)28(2)50-42(59)43-52-44(54-61-43)46(5,6)7)40-37-22-38(51-41(37)49-26-48-40)39-29(3)53-58(30(39)4)35-24-55(25-35)23-31-15-19-56(20-16-31)33-10-12-34(13-11-33)57-18-8-17-47-45(57)60/h9-14,21-22,26,28,31,35H,8,15-20,23-25H2,1-7H3,(H,47,60)(H,50,59)(H,48,49,51)/t28-/m1/s1. The second kappa shape index (κ2) is 16.1. The lowest BCUT2D eigenvalue weighted by Gasteiger charge is -2.43. The summed E-state index contributed by atoms with van der Waals surface area (Å²) in [7, 11) is 0. The van der Waals surface area contributed by atoms with Gasteiger partial charge in [0.25, 0.3) is 0 Å². The van der Waals surface area contributed by atoms with Crippen molar-refractivity contribution in [1.82, 2.24) is 50.4 Å². The fourth-order valence-electron chi connectivity index (χ4n) is 9.28. The Morgan fingerprint density at radius 2 is 1.74 bits per heavy atom. The maximum atomic E-state index is 13.0. The number of likely N-dealkylation sites (tertiary alicyclic amines) is 1. The Bertz CT molecular complexity index is 2570. The van der Waals surface area contributed by atoms with Crippen LogP contribution in [0.4, 0.5) is 16.2 Å². The Morgan fingerprint density at radius 1 is 0.984 bits per heavy atom. The predicted octanol–water partition coefficient (Wildman–Crippen LogP) is 7.28. The second-order valence-corrected chi connectivity index (χ2v) is 18.2. The zero-order valence-electron chi connectivity index (χ0n) is 36.2. The molecule has 3 N–H and O–H groups in total. The molecule has 61 heavy (non-hydrogen) atoms. The number of hydrogen-bond acceptors (Lipinski definition) is 10. The Balaban J connectivity index is 0.817. The van der Waals surface area contributed by atoms with Crippen molar-refractivity contribution in [2.75, 3.05) is 55.6 Å². The quantitative estimate of drug-likeness (QED) is 0.128. The van der Waals surface area contributed by atoms with Gasteiger partial charge in [-0.2, -0.15) is 10.1 Å². The third-order valence-corrected chi connectivity index (χ3v) is 12.7. The van der Waals surface area contributed by atoms with Gasteiger partial charge in [0.15, 0.2) is 5.82 Å². The van der Waals surface area contributed by atoms with Crippen LogP contribution in [0.25, 0.3) is 33.5 Å². The fraction of sp³-hybridized carbons (Fsp3) is 0.457. The minimum Gasteiger partial charge on any atom is -0.372 e. The molecule has 1 atom stereocenters. The number of nitrogens with zero attached hydrogens (tertiary/aromatic N) is 9. The van der Waals surface area contributed by atoms with E-state index in [0.717, 1.165) is 114 Å². The highest BCUT2D eigenvalue weighted by atomic mass is 16.5. The van der Waals surface area contributed by atoms with Crippen LogP contribution in [0.1, 0.15) is 98.1 Å². The smallest absolute Gasteiger partial charge is 0.321 e. The number of anilines is 2. The summed E-state index contributed by atoms with van der Waals surface area (Å²) in [4.78, 5) is 49.4. The largest absolute Gasteiger partial charge is 0.372 e. The molecule has 15 nitrogen and oxygen atoms in total. The van der Waals surface area contributed by atoms with Crippen molar-refractivity contribution in [3.05, 3.63) is 89.1 Å². The molecule has 2 aromatic carbocycles. The number of amides is 3. The van der Waals surface area contributed by atoms with Crippen molar-refractivity contribution in [2.45, 2.75) is 85.2 Å². The lowest BCUT2D eigenvalue weighted by atomic mass is 9.94. The molecule has 0 radical (unpaired) electrons. The van der Waals surface area contributed by atoms with Gasteiger partial charge in [-0.25, -0.2) is 14.8 Å². The summed E-state index contributed by atoms with van der Waals surface area (Å²) in [5.41, 5.74) is 10.7. The summed E-state index contributed by atoms with van der Waals surface area (Å²) in [6, 6.07) is 16.9. The van der Waals surface area contributed by atoms with Crippen LogP contribution in [-0.2, 0) is 5.41 Å². The first kappa shape index (κ1) is 40.3. The molecule has 7 heterocycles. The van der Waals surface area contributed by atoms with E-state index < -0.39 is 5.91 Å². The molecule has 0 aliphatic carbocycles. The molecule has 318 valence electrons. The number of aryl methyl sites for hydroxylation is 2. The number of fused-ring (bicyclic) bond motifs is 1. The van der Waals surface area contributed by atoms with Crippen LogP contribution in [0.2, 0.25) is 0 Å². The monoisotopic (exact) mass is 824 g/mol. The van der Waals surface area contributed by atoms with Crippen LogP contribution < -0.4 is 20.4 Å². The molecule has 15 heteroatoms. The van der Waals surface area contributed by atoms with Crippen LogP contribution in [0.15, 0.2) is 59.4 Å². The van der Waals surface area contributed by atoms with Crippen molar-refractivity contribution in [1.29, 1.82) is 0 Å². The molecule has 3 aliphatic heterocycles. The predicted molar refractivity (Wildman–Crippen MR) is 236 cm³/mol. The number of carbonyl (C=O) groups is 2. The van der Waals surface area contributed by atoms with Crippen molar-refractivity contribution in [3.8, 4) is 22.5 Å². The number of aromatic nitrogens is 7. The summed E-state index contributed by atoms with van der Waals surface area (Å²) in [5, 5.41) is 15.9. The van der Waals surface area contributed by atoms with E-state index in [1.165, 1.54) is 18.5 Å². The van der Waals surface area contributed by atoms with Crippen molar-refractivity contribution in [3.63, 3.8) is 0 Å². The minimum absolute atomic E-state index is 0.00443. The highest BCUT2D eigenvalue weighted by Gasteiger charge is 2.34. The Kier molecular flexibility index (Phi) is 10.6. The van der Waals surface area contributed by atoms with Gasteiger partial charge in [0.2, 0.25) is 0 Å². The summed E-state index contributed by atoms with van der Waals surface area (Å²) < 4.78 is 7.49. The molecule has 9 rings (SSSR count). The Hall–Kier alpha value is -6.09. The summed E-state index contributed by atoms with van der Waals surface area (Å²) >= 11 is 0. The van der Waals surface area contributed by atoms with Crippen LogP contribution >= 0.6 is 0 Å². The van der Waals surface area contributed by atoms with Crippen LogP contribution in [-0.4, -0.2) is 97.5 Å². The average Bonchev–Trinajstić information content (AvgIpc) is 3.97. The summed E-state index contributed by atoms with van der Waals surface area (Å²) in [6.07, 6.45) is 4.92. The van der Waals surface area contributed by atoms with Crippen LogP contribution in [0, 0.1) is 26.7 Å². The van der Waals surface area contributed by atoms with Gasteiger partial charge in [0, 0.05) is 84.8 Å². The lowest BCUT2D eigenvalue weighted by Crippen LogP contribution is -2.51. The summed E-state index contributed by atoms with van der Waals surface area (Å²) in [5.74, 6) is 0.723. The van der Waals surface area contributed by atoms with Gasteiger partial charge in [-0.1, -0.05) is 38.1 Å². The van der Waals surface area contributed by atoms with Crippen LogP contribution in [0.5, 0.6) is 0 Å². The van der Waals surface area contributed by atoms with Gasteiger partial charge in [-0.05, 0) is 100 Å². The van der Waals surface area contributed by atoms with E-state index in [1.807, 2.05) is 51.7 Å². The van der Waals surface area contributed by atoms with E-state index in [4.69, 9.17) is 14.6 Å². The summed E-state index contributed by atoms with van der Waals surface area (Å²) in [6.45, 7) is 20.9. The lowest BCUT2D eigenvalue weighted by molar-refractivity contribution is 0.0741. The van der Waals surface area contributed by atoms with Gasteiger partial charge >= 0.3 is 17.8 Å². The number of carbonyl (C=O) groups excluding carboxylic acids is 2. The van der Waals surface area contributed by atoms with E-state index >= 15 is 0 Å². The average molecular weight is 825 g/mol. The molecule has 3 amide bonds. The van der Waals surface area contributed by atoms with Crippen molar-refractivity contribution in [2.24, 2.45) is 5.92 Å². The molecular formula is C46H56N12O3. The van der Waals surface area contributed by atoms with E-state index in [-0.39, 0.29) is 23.4 Å². The molecule has 0 saturated carbocycles. The Labute approximate surface area is 356 Å². The maximum absolute atomic E-state index is 13.0. The minimum atomic E-state index is -0.405. The number of H-pyrrole nitrogens is 1. The number of rotatable bonds is 10. The third-order valence-electron chi connectivity index (χ3n) is 12.7. The highest BCUT2D eigenvalue weighted by molar-refractivity contribution is 5.95. The number of piperidine rings is 1. The third kappa shape index (κ3) is 7.98. The molecule has 0 bridgehead atoms. The van der Waals surface area contributed by atoms with Gasteiger partial charge < -0.3 is 25.0 Å². The van der Waals surface area contributed by atoms with Gasteiger partial charge in [0.1, 0.15) is 12.0 Å². The highest BCUT2D eigenvalue weighted by Crippen LogP contribution is 2.36. The molecule has 0 unspecified atom stereocenters. The first-order valence-corrected chi connectivity index (χ1v) is 21.6. The van der Waals surface area contributed by atoms with Crippen molar-refractivity contribution >= 4 is 34.3 Å². The van der Waals surface area contributed by atoms with E-state index in [2.05, 4.69) is 95.5 Å². The Morgan fingerprint density at radius 3 is 2.44 bits per heavy atom. The van der Waals surface area contributed by atoms with E-state index in [9.17, 15) is 9.59 Å². The van der Waals surface area contributed by atoms with Gasteiger partial charge in [-0.3, -0.25) is 19.3 Å². The molecule has 3 saturated heterocycles. The molecule has 4 aromatic heterocycles. The zero-order valence-corrected chi connectivity index (χ0v) is 36.2. The van der Waals surface area contributed by atoms with Crippen LogP contribution in [0.3, 0.4) is 0 Å². The first-order chi connectivity index (χ1) is 29.3. The number of hydrogen-bond donors (Lipinski definition) is 3. The number of urea groups is 1. The first-order valence-electron chi connectivity index (χ1n) is 21.6. The molecule has 6 aromatic rings. The second-order valence-electron chi connectivity index (χ2n) is 18.2. The number of nitrogens with one attached hydrogen (secondary N) is 3. The molecule has 0 spiro atoms. The van der Waals surface area contributed by atoms with Crippen molar-refractivity contribution < 1.29 is 14.1 Å². The number of aromatic amines is 1. The topological polar surface area (TPSA) is 166 Å². The maximum Gasteiger partial charge on any atom is 0.321 e. The number of benzene rings is 2. The normalized spacial score (nSPS) is 17.5. The van der Waals surface area contributed by atoms with Gasteiger partial charge in [0.05, 0.1) is 29.2 Å². The van der Waals surface area contributed by atoms with Gasteiger partial charge in [-0.15, -0.1) is 0 Å². The van der Waals surface area contributed by atoms with E-state index in [1.54, 1.807) is 6.33 Å². The fourth-order valence-corrected chi connectivity index (χ4v) is 9.28. The molecule has 3 fully saturated rings.